The van der Waals surface area contributed by atoms with Gasteiger partial charge in [-0.1, -0.05) is 17.7 Å². The molecule has 0 radical (unpaired) electrons. The zero-order valence-electron chi connectivity index (χ0n) is 16.5. The highest BCUT2D eigenvalue weighted by molar-refractivity contribution is 6.31. The molecule has 2 aliphatic heterocycles. The van der Waals surface area contributed by atoms with E-state index in [9.17, 15) is 14.4 Å². The topological polar surface area (TPSA) is 82.6 Å². The molecule has 4 rings (SSSR count). The third-order valence-electron chi connectivity index (χ3n) is 5.53. The third-order valence-corrected chi connectivity index (χ3v) is 5.76. The van der Waals surface area contributed by atoms with Crippen molar-refractivity contribution in [1.29, 1.82) is 0 Å². The van der Waals surface area contributed by atoms with E-state index in [1.165, 1.54) is 0 Å². The molecule has 1 aromatic heterocycles. The lowest BCUT2D eigenvalue weighted by Crippen LogP contribution is -2.31. The summed E-state index contributed by atoms with van der Waals surface area (Å²) in [5, 5.41) is 3.27. The fraction of sp³-hybridized carbons (Fsp3) is 0.364. The van der Waals surface area contributed by atoms with Crippen LogP contribution < -0.4 is 5.32 Å². The summed E-state index contributed by atoms with van der Waals surface area (Å²) >= 11 is 6.12. The SMILES string of the molecule is O=C(Nc1cc(Cl)ccc1C(=O)N1CCCC1)C1CC(=O)N(Cc2ccccn2)C1. The van der Waals surface area contributed by atoms with Crippen LogP contribution in [0, 0.1) is 5.92 Å². The second-order valence-electron chi connectivity index (χ2n) is 7.67. The maximum absolute atomic E-state index is 12.9. The molecule has 7 nitrogen and oxygen atoms in total. The van der Waals surface area contributed by atoms with Crippen LogP contribution in [0.1, 0.15) is 35.3 Å². The van der Waals surface area contributed by atoms with Crippen LogP contribution in [0.3, 0.4) is 0 Å². The van der Waals surface area contributed by atoms with Crippen molar-refractivity contribution in [2.45, 2.75) is 25.8 Å². The molecule has 0 aliphatic carbocycles. The minimum atomic E-state index is -0.491. The van der Waals surface area contributed by atoms with Gasteiger partial charge in [0, 0.05) is 37.3 Å². The Morgan fingerprint density at radius 2 is 1.97 bits per heavy atom. The summed E-state index contributed by atoms with van der Waals surface area (Å²) in [5.74, 6) is -0.974. The molecule has 2 fully saturated rings. The Kier molecular flexibility index (Phi) is 5.99. The van der Waals surface area contributed by atoms with E-state index in [1.54, 1.807) is 34.2 Å². The van der Waals surface area contributed by atoms with Gasteiger partial charge in [-0.3, -0.25) is 19.4 Å². The molecule has 3 heterocycles. The van der Waals surface area contributed by atoms with Crippen LogP contribution in [-0.2, 0) is 16.1 Å². The number of benzene rings is 1. The van der Waals surface area contributed by atoms with Crippen LogP contribution in [0.5, 0.6) is 0 Å². The molecule has 0 spiro atoms. The summed E-state index contributed by atoms with van der Waals surface area (Å²) in [6.45, 7) is 2.12. The highest BCUT2D eigenvalue weighted by Crippen LogP contribution is 2.27. The summed E-state index contributed by atoms with van der Waals surface area (Å²) in [6.07, 6.45) is 3.78. The fourth-order valence-electron chi connectivity index (χ4n) is 3.92. The Bertz CT molecular complexity index is 960. The minimum absolute atomic E-state index is 0.0831. The molecule has 156 valence electrons. The molecule has 1 atom stereocenters. The van der Waals surface area contributed by atoms with Crippen molar-refractivity contribution in [3.05, 3.63) is 58.9 Å². The Hall–Kier alpha value is -2.93. The zero-order chi connectivity index (χ0) is 21.1. The van der Waals surface area contributed by atoms with Crippen molar-refractivity contribution in [2.24, 2.45) is 5.92 Å². The summed E-state index contributed by atoms with van der Waals surface area (Å²) in [6, 6.07) is 10.4. The molecule has 2 aliphatic rings. The van der Waals surface area contributed by atoms with E-state index in [2.05, 4.69) is 10.3 Å². The number of nitrogens with one attached hydrogen (secondary N) is 1. The predicted molar refractivity (Wildman–Crippen MR) is 113 cm³/mol. The normalized spacial score (nSPS) is 18.7. The number of rotatable bonds is 5. The number of likely N-dealkylation sites (tertiary alicyclic amines) is 2. The number of nitrogens with zero attached hydrogens (tertiary/aromatic N) is 3. The molecule has 2 saturated heterocycles. The van der Waals surface area contributed by atoms with Crippen LogP contribution in [0.25, 0.3) is 0 Å². The van der Waals surface area contributed by atoms with Gasteiger partial charge in [0.25, 0.3) is 5.91 Å². The Labute approximate surface area is 180 Å². The highest BCUT2D eigenvalue weighted by atomic mass is 35.5. The van der Waals surface area contributed by atoms with Gasteiger partial charge in [0.1, 0.15) is 0 Å². The van der Waals surface area contributed by atoms with Crippen molar-refractivity contribution < 1.29 is 14.4 Å². The monoisotopic (exact) mass is 426 g/mol. The first-order chi connectivity index (χ1) is 14.5. The van der Waals surface area contributed by atoms with E-state index in [0.29, 0.717) is 42.5 Å². The van der Waals surface area contributed by atoms with Crippen molar-refractivity contribution in [2.75, 3.05) is 25.0 Å². The largest absolute Gasteiger partial charge is 0.339 e. The molecular weight excluding hydrogens is 404 g/mol. The van der Waals surface area contributed by atoms with Crippen LogP contribution in [0.4, 0.5) is 5.69 Å². The lowest BCUT2D eigenvalue weighted by Gasteiger charge is -2.19. The lowest BCUT2D eigenvalue weighted by atomic mass is 10.1. The Balaban J connectivity index is 1.45. The number of aromatic nitrogens is 1. The van der Waals surface area contributed by atoms with Crippen molar-refractivity contribution in [3.8, 4) is 0 Å². The van der Waals surface area contributed by atoms with Gasteiger partial charge < -0.3 is 15.1 Å². The van der Waals surface area contributed by atoms with Gasteiger partial charge in [0.15, 0.2) is 0 Å². The first kappa shape index (κ1) is 20.3. The van der Waals surface area contributed by atoms with E-state index < -0.39 is 5.92 Å². The molecule has 3 amide bonds. The number of amides is 3. The Morgan fingerprint density at radius 1 is 1.17 bits per heavy atom. The second kappa shape index (κ2) is 8.83. The van der Waals surface area contributed by atoms with Crippen LogP contribution in [-0.4, -0.2) is 52.1 Å². The second-order valence-corrected chi connectivity index (χ2v) is 8.11. The summed E-state index contributed by atoms with van der Waals surface area (Å²) in [7, 11) is 0. The average molecular weight is 427 g/mol. The van der Waals surface area contributed by atoms with E-state index in [4.69, 9.17) is 11.6 Å². The zero-order valence-corrected chi connectivity index (χ0v) is 17.3. The molecule has 8 heteroatoms. The molecule has 2 aromatic rings. The maximum atomic E-state index is 12.9. The van der Waals surface area contributed by atoms with Crippen molar-refractivity contribution in [1.82, 2.24) is 14.8 Å². The van der Waals surface area contributed by atoms with Crippen LogP contribution >= 0.6 is 11.6 Å². The molecular formula is C22H23ClN4O3. The third kappa shape index (κ3) is 4.46. The number of halogens is 1. The molecule has 0 saturated carbocycles. The number of hydrogen-bond donors (Lipinski definition) is 1. The van der Waals surface area contributed by atoms with Crippen molar-refractivity contribution in [3.63, 3.8) is 0 Å². The average Bonchev–Trinajstić information content (AvgIpc) is 3.39. The highest BCUT2D eigenvalue weighted by Gasteiger charge is 2.35. The van der Waals surface area contributed by atoms with E-state index in [-0.39, 0.29) is 24.1 Å². The fourth-order valence-corrected chi connectivity index (χ4v) is 4.09. The van der Waals surface area contributed by atoms with E-state index in [0.717, 1.165) is 18.5 Å². The standard InChI is InChI=1S/C22H23ClN4O3/c23-16-6-7-18(22(30)26-9-3-4-10-26)19(12-16)25-21(29)15-11-20(28)27(13-15)14-17-5-1-2-8-24-17/h1-2,5-8,12,15H,3-4,9-11,13-14H2,(H,25,29). The van der Waals surface area contributed by atoms with E-state index >= 15 is 0 Å². The van der Waals surface area contributed by atoms with Gasteiger partial charge in [-0.2, -0.15) is 0 Å². The smallest absolute Gasteiger partial charge is 0.255 e. The van der Waals surface area contributed by atoms with E-state index in [1.807, 2.05) is 18.2 Å². The summed E-state index contributed by atoms with van der Waals surface area (Å²) in [4.78, 5) is 45.8. The van der Waals surface area contributed by atoms with Gasteiger partial charge in [0.2, 0.25) is 11.8 Å². The molecule has 1 N–H and O–H groups in total. The molecule has 1 aromatic carbocycles. The molecule has 1 unspecified atom stereocenters. The number of hydrogen-bond acceptors (Lipinski definition) is 4. The molecule has 30 heavy (non-hydrogen) atoms. The quantitative estimate of drug-likeness (QED) is 0.796. The van der Waals surface area contributed by atoms with Gasteiger partial charge in [-0.05, 0) is 43.2 Å². The predicted octanol–water partition coefficient (Wildman–Crippen LogP) is 2.96. The number of anilines is 1. The van der Waals surface area contributed by atoms with Crippen molar-refractivity contribution >= 4 is 35.0 Å². The van der Waals surface area contributed by atoms with Gasteiger partial charge in [0.05, 0.1) is 29.4 Å². The van der Waals surface area contributed by atoms with Crippen LogP contribution in [0.15, 0.2) is 42.6 Å². The number of carbonyl (C=O) groups excluding carboxylic acids is 3. The number of pyridine rings is 1. The molecule has 0 bridgehead atoms. The lowest BCUT2D eigenvalue weighted by molar-refractivity contribution is -0.128. The Morgan fingerprint density at radius 3 is 2.70 bits per heavy atom. The van der Waals surface area contributed by atoms with Gasteiger partial charge >= 0.3 is 0 Å². The first-order valence-corrected chi connectivity index (χ1v) is 10.5. The summed E-state index contributed by atoms with van der Waals surface area (Å²) in [5.41, 5.74) is 1.59. The van der Waals surface area contributed by atoms with Gasteiger partial charge in [-0.25, -0.2) is 0 Å². The minimum Gasteiger partial charge on any atom is -0.339 e. The summed E-state index contributed by atoms with van der Waals surface area (Å²) < 4.78 is 0. The first-order valence-electron chi connectivity index (χ1n) is 10.1. The maximum Gasteiger partial charge on any atom is 0.255 e. The van der Waals surface area contributed by atoms with Crippen LogP contribution in [0.2, 0.25) is 5.02 Å². The number of carbonyl (C=O) groups is 3. The van der Waals surface area contributed by atoms with Gasteiger partial charge in [-0.15, -0.1) is 0 Å².